The van der Waals surface area contributed by atoms with Gasteiger partial charge in [0.25, 0.3) is 0 Å². The molecule has 2 atom stereocenters. The quantitative estimate of drug-likeness (QED) is 0.0792. The summed E-state index contributed by atoms with van der Waals surface area (Å²) in [4.78, 5) is 25.8. The van der Waals surface area contributed by atoms with Crippen molar-refractivity contribution in [2.75, 3.05) is 40.5 Å². The van der Waals surface area contributed by atoms with Gasteiger partial charge in [-0.2, -0.15) is 0 Å². The highest BCUT2D eigenvalue weighted by molar-refractivity contribution is 5.71. The van der Waals surface area contributed by atoms with Crippen LogP contribution in [0.25, 0.3) is 0 Å². The molecule has 1 rings (SSSR count). The first-order valence-corrected chi connectivity index (χ1v) is 16.1. The van der Waals surface area contributed by atoms with E-state index in [1.54, 1.807) is 0 Å². The fourth-order valence-corrected chi connectivity index (χ4v) is 4.76. The van der Waals surface area contributed by atoms with Crippen molar-refractivity contribution in [2.45, 2.75) is 129 Å². The average molecular weight is 578 g/mol. The molecule has 0 N–H and O–H groups in total. The normalized spacial score (nSPS) is 12.8. The summed E-state index contributed by atoms with van der Waals surface area (Å²) in [5, 5.41) is 0. The fourth-order valence-electron chi connectivity index (χ4n) is 4.76. The van der Waals surface area contributed by atoms with Crippen LogP contribution in [0.1, 0.15) is 116 Å². The predicted octanol–water partition coefficient (Wildman–Crippen LogP) is 7.50. The largest absolute Gasteiger partial charge is 0.463 e. The second-order valence-electron chi connectivity index (χ2n) is 11.5. The number of hydrogen-bond acceptors (Lipinski definition) is 7. The van der Waals surface area contributed by atoms with E-state index in [-0.39, 0.29) is 19.1 Å². The molecular weight excluding hydrogens is 518 g/mol. The van der Waals surface area contributed by atoms with Gasteiger partial charge >= 0.3 is 11.9 Å². The standard InChI is InChI=1S/C34H59NO6/c1-5-6-7-8-9-10-11-12-13-14-15-16-17-21-24-38-28-33(39-27-31-22-19-18-20-23-31)29-40-34(37)25-32(26-35(3)4)41-30(2)36/h18-20,22-23,32-33H,5-17,21,24-29H2,1-4H3. The molecule has 0 aliphatic rings. The van der Waals surface area contributed by atoms with Gasteiger partial charge < -0.3 is 23.8 Å². The molecule has 0 bridgehead atoms. The fraction of sp³-hybridized carbons (Fsp3) is 0.765. The predicted molar refractivity (Wildman–Crippen MR) is 166 cm³/mol. The van der Waals surface area contributed by atoms with Crippen molar-refractivity contribution in [3.63, 3.8) is 0 Å². The molecular formula is C34H59NO6. The van der Waals surface area contributed by atoms with Crippen LogP contribution < -0.4 is 0 Å². The van der Waals surface area contributed by atoms with Crippen molar-refractivity contribution in [3.8, 4) is 0 Å². The minimum atomic E-state index is -0.546. The maximum absolute atomic E-state index is 12.5. The van der Waals surface area contributed by atoms with Gasteiger partial charge in [0, 0.05) is 20.1 Å². The lowest BCUT2D eigenvalue weighted by atomic mass is 10.0. The van der Waals surface area contributed by atoms with Crippen molar-refractivity contribution in [2.24, 2.45) is 0 Å². The summed E-state index contributed by atoms with van der Waals surface area (Å²) >= 11 is 0. The number of carbonyl (C=O) groups is 2. The first-order chi connectivity index (χ1) is 19.9. The number of nitrogens with zero attached hydrogens (tertiary/aromatic N) is 1. The monoisotopic (exact) mass is 577 g/mol. The smallest absolute Gasteiger partial charge is 0.309 e. The van der Waals surface area contributed by atoms with E-state index in [4.69, 9.17) is 18.9 Å². The third kappa shape index (κ3) is 23.3. The van der Waals surface area contributed by atoms with Crippen LogP contribution in [0.3, 0.4) is 0 Å². The number of carbonyl (C=O) groups excluding carboxylic acids is 2. The number of unbranched alkanes of at least 4 members (excludes halogenated alkanes) is 13. The number of benzene rings is 1. The molecule has 0 aliphatic heterocycles. The summed E-state index contributed by atoms with van der Waals surface area (Å²) < 4.78 is 22.7. The molecule has 0 saturated carbocycles. The van der Waals surface area contributed by atoms with E-state index in [9.17, 15) is 9.59 Å². The Morgan fingerprint density at radius 2 is 1.32 bits per heavy atom. The summed E-state index contributed by atoms with van der Waals surface area (Å²) in [5.74, 6) is -0.830. The van der Waals surface area contributed by atoms with Crippen LogP contribution in [0.2, 0.25) is 0 Å². The van der Waals surface area contributed by atoms with E-state index in [1.807, 2.05) is 49.3 Å². The van der Waals surface area contributed by atoms with Gasteiger partial charge in [-0.25, -0.2) is 0 Å². The highest BCUT2D eigenvalue weighted by atomic mass is 16.6. The van der Waals surface area contributed by atoms with Gasteiger partial charge in [0.2, 0.25) is 0 Å². The summed E-state index contributed by atoms with van der Waals surface area (Å²) in [6, 6.07) is 9.92. The number of esters is 2. The molecule has 0 aliphatic carbocycles. The molecule has 1 aromatic carbocycles. The number of ether oxygens (including phenoxy) is 4. The molecule has 236 valence electrons. The third-order valence-electron chi connectivity index (χ3n) is 7.00. The van der Waals surface area contributed by atoms with E-state index in [0.29, 0.717) is 26.4 Å². The summed E-state index contributed by atoms with van der Waals surface area (Å²) in [6.45, 7) is 5.62. The zero-order valence-electron chi connectivity index (χ0n) is 26.6. The second-order valence-corrected chi connectivity index (χ2v) is 11.5. The SMILES string of the molecule is CCCCCCCCCCCCCCCCOCC(COC(=O)CC(CN(C)C)OC(C)=O)OCc1ccccc1. The first-order valence-electron chi connectivity index (χ1n) is 16.1. The summed E-state index contributed by atoms with van der Waals surface area (Å²) in [7, 11) is 3.73. The van der Waals surface area contributed by atoms with Gasteiger partial charge in [-0.1, -0.05) is 121 Å². The second kappa shape index (κ2) is 25.7. The van der Waals surface area contributed by atoms with Gasteiger partial charge in [-0.3, -0.25) is 9.59 Å². The van der Waals surface area contributed by atoms with E-state index in [1.165, 1.54) is 90.4 Å². The molecule has 0 saturated heterocycles. The molecule has 0 radical (unpaired) electrons. The van der Waals surface area contributed by atoms with Crippen molar-refractivity contribution >= 4 is 11.9 Å². The Bertz CT molecular complexity index is 757. The zero-order chi connectivity index (χ0) is 30.0. The lowest BCUT2D eigenvalue weighted by Crippen LogP contribution is -2.33. The van der Waals surface area contributed by atoms with Crippen LogP contribution in [0.4, 0.5) is 0 Å². The lowest BCUT2D eigenvalue weighted by Gasteiger charge is -2.21. The molecule has 0 aromatic heterocycles. The van der Waals surface area contributed by atoms with Crippen LogP contribution >= 0.6 is 0 Å². The molecule has 0 heterocycles. The first kappa shape index (κ1) is 37.1. The van der Waals surface area contributed by atoms with Crippen LogP contribution in [0, 0.1) is 0 Å². The average Bonchev–Trinajstić information content (AvgIpc) is 2.93. The van der Waals surface area contributed by atoms with Crippen LogP contribution in [-0.2, 0) is 35.1 Å². The van der Waals surface area contributed by atoms with E-state index < -0.39 is 18.0 Å². The number of likely N-dealkylation sites (N-methyl/N-ethyl adjacent to an activating group) is 1. The highest BCUT2D eigenvalue weighted by Gasteiger charge is 2.20. The summed E-state index contributed by atoms with van der Waals surface area (Å²) in [5.41, 5.74) is 1.05. The van der Waals surface area contributed by atoms with E-state index in [0.717, 1.165) is 12.0 Å². The van der Waals surface area contributed by atoms with Crippen LogP contribution in [-0.4, -0.2) is 69.5 Å². The van der Waals surface area contributed by atoms with Crippen molar-refractivity contribution < 1.29 is 28.5 Å². The number of rotatable bonds is 27. The molecule has 1 aromatic rings. The molecule has 0 spiro atoms. The van der Waals surface area contributed by atoms with Crippen LogP contribution in [0.15, 0.2) is 30.3 Å². The molecule has 41 heavy (non-hydrogen) atoms. The minimum absolute atomic E-state index is 0.00305. The van der Waals surface area contributed by atoms with E-state index in [2.05, 4.69) is 6.92 Å². The lowest BCUT2D eigenvalue weighted by molar-refractivity contribution is -0.157. The molecule has 0 amide bonds. The Balaban J connectivity index is 2.25. The third-order valence-corrected chi connectivity index (χ3v) is 7.00. The minimum Gasteiger partial charge on any atom is -0.463 e. The van der Waals surface area contributed by atoms with Crippen molar-refractivity contribution in [3.05, 3.63) is 35.9 Å². The maximum Gasteiger partial charge on any atom is 0.309 e. The van der Waals surface area contributed by atoms with Gasteiger partial charge in [0.15, 0.2) is 0 Å². The maximum atomic E-state index is 12.5. The Morgan fingerprint density at radius 1 is 0.756 bits per heavy atom. The van der Waals surface area contributed by atoms with Gasteiger partial charge in [0.05, 0.1) is 19.6 Å². The number of hydrogen-bond donors (Lipinski definition) is 0. The Morgan fingerprint density at radius 3 is 1.85 bits per heavy atom. The highest BCUT2D eigenvalue weighted by Crippen LogP contribution is 2.13. The Hall–Kier alpha value is -1.96. The van der Waals surface area contributed by atoms with Gasteiger partial charge in [-0.15, -0.1) is 0 Å². The van der Waals surface area contributed by atoms with Gasteiger partial charge in [0.1, 0.15) is 18.8 Å². The Labute approximate surface area is 250 Å². The van der Waals surface area contributed by atoms with Crippen molar-refractivity contribution in [1.29, 1.82) is 0 Å². The zero-order valence-corrected chi connectivity index (χ0v) is 26.6. The summed E-state index contributed by atoms with van der Waals surface area (Å²) in [6.07, 6.45) is 17.7. The molecule has 0 fully saturated rings. The van der Waals surface area contributed by atoms with E-state index >= 15 is 0 Å². The molecule has 7 nitrogen and oxygen atoms in total. The van der Waals surface area contributed by atoms with Crippen molar-refractivity contribution in [1.82, 2.24) is 4.90 Å². The Kier molecular flexibility index (Phi) is 23.3. The molecule has 2 unspecified atom stereocenters. The topological polar surface area (TPSA) is 74.3 Å². The van der Waals surface area contributed by atoms with Crippen LogP contribution in [0.5, 0.6) is 0 Å². The molecule has 7 heteroatoms. The van der Waals surface area contributed by atoms with Gasteiger partial charge in [-0.05, 0) is 26.1 Å².